The maximum absolute atomic E-state index is 12.4. The molecule has 1 aliphatic rings. The fraction of sp³-hybridized carbons (Fsp3) is 0.0769. The van der Waals surface area contributed by atoms with Crippen molar-refractivity contribution < 1.29 is 4.74 Å². The van der Waals surface area contributed by atoms with E-state index in [0.29, 0.717) is 11.1 Å². The average Bonchev–Trinajstić information content (AvgIpc) is 2.98. The summed E-state index contributed by atoms with van der Waals surface area (Å²) in [7, 11) is 0. The smallest absolute Gasteiger partial charge is 0.259 e. The number of ether oxygens (including phenoxy) is 1. The molecule has 0 fully saturated rings. The van der Waals surface area contributed by atoms with Crippen LogP contribution in [0.4, 0.5) is 0 Å². The molecular weight excluding hydrogens is 356 g/mol. The van der Waals surface area contributed by atoms with E-state index < -0.39 is 17.0 Å². The van der Waals surface area contributed by atoms with Crippen molar-refractivity contribution >= 4 is 35.8 Å². The van der Waals surface area contributed by atoms with Crippen LogP contribution >= 0.6 is 35.8 Å². The van der Waals surface area contributed by atoms with Gasteiger partial charge in [0.15, 0.2) is 9.54 Å². The van der Waals surface area contributed by atoms with Crippen molar-refractivity contribution in [2.24, 2.45) is 0 Å². The van der Waals surface area contributed by atoms with Gasteiger partial charge in [-0.25, -0.2) is 0 Å². The molecule has 7 nitrogen and oxygen atoms in total. The van der Waals surface area contributed by atoms with Crippen LogP contribution in [-0.4, -0.2) is 19.9 Å². The number of hydrogen-bond donors (Lipinski definition) is 4. The molecule has 116 valence electrons. The van der Waals surface area contributed by atoms with Gasteiger partial charge in [-0.15, -0.1) is 11.3 Å². The summed E-state index contributed by atoms with van der Waals surface area (Å²) in [6.07, 6.45) is 0. The van der Waals surface area contributed by atoms with E-state index in [9.17, 15) is 9.59 Å². The van der Waals surface area contributed by atoms with Crippen molar-refractivity contribution in [2.45, 2.75) is 5.92 Å². The van der Waals surface area contributed by atoms with Gasteiger partial charge in [0.2, 0.25) is 11.8 Å². The molecule has 0 saturated heterocycles. The van der Waals surface area contributed by atoms with E-state index in [1.54, 1.807) is 0 Å². The van der Waals surface area contributed by atoms with Gasteiger partial charge in [0, 0.05) is 4.88 Å². The predicted octanol–water partition coefficient (Wildman–Crippen LogP) is 2.53. The van der Waals surface area contributed by atoms with E-state index in [2.05, 4.69) is 19.9 Å². The third-order valence-electron chi connectivity index (χ3n) is 3.50. The maximum atomic E-state index is 12.4. The maximum Gasteiger partial charge on any atom is 0.259 e. The fourth-order valence-electron chi connectivity index (χ4n) is 2.62. The van der Waals surface area contributed by atoms with E-state index in [1.165, 1.54) is 11.3 Å². The van der Waals surface area contributed by atoms with Crippen molar-refractivity contribution in [3.63, 3.8) is 0 Å². The van der Waals surface area contributed by atoms with Crippen LogP contribution in [0.2, 0.25) is 0 Å². The van der Waals surface area contributed by atoms with Gasteiger partial charge < -0.3 is 14.7 Å². The molecule has 23 heavy (non-hydrogen) atoms. The minimum absolute atomic E-state index is 0.144. The Labute approximate surface area is 142 Å². The van der Waals surface area contributed by atoms with Gasteiger partial charge in [-0.1, -0.05) is 6.07 Å². The zero-order valence-electron chi connectivity index (χ0n) is 11.3. The molecule has 0 atom stereocenters. The van der Waals surface area contributed by atoms with Crippen molar-refractivity contribution in [1.82, 2.24) is 19.9 Å². The van der Waals surface area contributed by atoms with Gasteiger partial charge in [-0.3, -0.25) is 19.6 Å². The van der Waals surface area contributed by atoms with E-state index in [4.69, 9.17) is 29.2 Å². The second kappa shape index (κ2) is 5.11. The molecule has 0 aromatic carbocycles. The molecule has 3 aromatic heterocycles. The third kappa shape index (κ3) is 2.22. The summed E-state index contributed by atoms with van der Waals surface area (Å²) >= 11 is 11.4. The number of aromatic nitrogens is 4. The van der Waals surface area contributed by atoms with Crippen LogP contribution in [0.1, 0.15) is 21.9 Å². The van der Waals surface area contributed by atoms with Gasteiger partial charge in [0.25, 0.3) is 11.1 Å². The topological polar surface area (TPSA) is 107 Å². The molecule has 4 heterocycles. The molecule has 0 unspecified atom stereocenters. The van der Waals surface area contributed by atoms with Crippen LogP contribution in [0.25, 0.3) is 0 Å². The fourth-order valence-corrected chi connectivity index (χ4v) is 3.84. The molecule has 1 aliphatic heterocycles. The Bertz CT molecular complexity index is 1060. The van der Waals surface area contributed by atoms with E-state index in [0.717, 1.165) is 4.88 Å². The monoisotopic (exact) mass is 364 g/mol. The van der Waals surface area contributed by atoms with Gasteiger partial charge in [0.05, 0.1) is 17.0 Å². The number of aromatic amines is 4. The first-order valence-electron chi connectivity index (χ1n) is 6.49. The normalized spacial score (nSPS) is 13.2. The minimum Gasteiger partial charge on any atom is -0.423 e. The van der Waals surface area contributed by atoms with Crippen LogP contribution in [0, 0.1) is 9.54 Å². The molecule has 4 rings (SSSR count). The van der Waals surface area contributed by atoms with Crippen molar-refractivity contribution in [3.8, 4) is 11.8 Å². The molecule has 0 radical (unpaired) electrons. The van der Waals surface area contributed by atoms with Crippen LogP contribution in [0.3, 0.4) is 0 Å². The van der Waals surface area contributed by atoms with E-state index >= 15 is 0 Å². The number of hydrogen-bond acceptors (Lipinski definition) is 6. The molecule has 0 bridgehead atoms. The number of nitrogens with one attached hydrogen (secondary N) is 4. The quantitative estimate of drug-likeness (QED) is 0.388. The van der Waals surface area contributed by atoms with Crippen molar-refractivity contribution in [2.75, 3.05) is 0 Å². The van der Waals surface area contributed by atoms with Crippen molar-refractivity contribution in [1.29, 1.82) is 0 Å². The molecule has 0 saturated carbocycles. The Morgan fingerprint density at radius 1 is 0.957 bits per heavy atom. The Kier molecular flexibility index (Phi) is 3.18. The summed E-state index contributed by atoms with van der Waals surface area (Å²) in [5.74, 6) is -0.151. The summed E-state index contributed by atoms with van der Waals surface area (Å²) in [5, 5.41) is 1.88. The Morgan fingerprint density at radius 3 is 2.00 bits per heavy atom. The van der Waals surface area contributed by atoms with Gasteiger partial charge in [-0.05, 0) is 35.9 Å². The second-order valence-electron chi connectivity index (χ2n) is 4.85. The summed E-state index contributed by atoms with van der Waals surface area (Å²) in [6, 6.07) is 3.71. The number of fused-ring (bicyclic) bond motifs is 2. The molecule has 0 aliphatic carbocycles. The summed E-state index contributed by atoms with van der Waals surface area (Å²) in [6.45, 7) is 0. The lowest BCUT2D eigenvalue weighted by molar-refractivity contribution is 0.408. The molecule has 4 N–H and O–H groups in total. The van der Waals surface area contributed by atoms with Crippen LogP contribution in [0.5, 0.6) is 11.8 Å². The highest BCUT2D eigenvalue weighted by Crippen LogP contribution is 2.43. The molecular formula is C13H8N4O3S3. The highest BCUT2D eigenvalue weighted by molar-refractivity contribution is 7.71. The van der Waals surface area contributed by atoms with Gasteiger partial charge in [0.1, 0.15) is 0 Å². The van der Waals surface area contributed by atoms with Crippen LogP contribution in [0.15, 0.2) is 27.1 Å². The first-order chi connectivity index (χ1) is 11.0. The molecule has 0 amide bonds. The van der Waals surface area contributed by atoms with Crippen molar-refractivity contribution in [3.05, 3.63) is 63.8 Å². The molecule has 10 heteroatoms. The highest BCUT2D eigenvalue weighted by atomic mass is 32.1. The second-order valence-corrected chi connectivity index (χ2v) is 6.65. The summed E-state index contributed by atoms with van der Waals surface area (Å²) in [4.78, 5) is 36.4. The standard InChI is InChI=1S/C13H8N4O3S3/c18-8-6-5(4-2-1-3-23-4)7-9(19)15-13(22)17-11(7)20-10(6)16-12(21)14-8/h1-3,5H,(H2,14,16,18,21)(H2,15,17,19,22). The predicted molar refractivity (Wildman–Crippen MR) is 89.8 cm³/mol. The van der Waals surface area contributed by atoms with E-state index in [-0.39, 0.29) is 21.3 Å². The third-order valence-corrected chi connectivity index (χ3v) is 4.84. The Hall–Kier alpha value is -2.30. The molecule has 0 spiro atoms. The first-order valence-corrected chi connectivity index (χ1v) is 8.18. The lowest BCUT2D eigenvalue weighted by Gasteiger charge is -2.24. The summed E-state index contributed by atoms with van der Waals surface area (Å²) in [5.41, 5.74) is -0.168. The van der Waals surface area contributed by atoms with Crippen LogP contribution < -0.4 is 15.9 Å². The van der Waals surface area contributed by atoms with Gasteiger partial charge >= 0.3 is 0 Å². The zero-order chi connectivity index (χ0) is 16.1. The Morgan fingerprint density at radius 2 is 1.52 bits per heavy atom. The van der Waals surface area contributed by atoms with Gasteiger partial charge in [-0.2, -0.15) is 0 Å². The zero-order valence-corrected chi connectivity index (χ0v) is 13.7. The van der Waals surface area contributed by atoms with Crippen LogP contribution in [-0.2, 0) is 0 Å². The largest absolute Gasteiger partial charge is 0.423 e. The summed E-state index contributed by atoms with van der Waals surface area (Å²) < 4.78 is 5.94. The number of thiophene rings is 1. The first kappa shape index (κ1) is 14.3. The number of H-pyrrole nitrogens is 4. The SMILES string of the molecule is O=c1[nH]c(=S)[nH]c2c1C(c1cccs1)c1c([nH]c(=S)[nH]c1=O)O2. The number of rotatable bonds is 1. The van der Waals surface area contributed by atoms with E-state index in [1.807, 2.05) is 17.5 Å². The lowest BCUT2D eigenvalue weighted by atomic mass is 9.91. The molecule has 3 aromatic rings. The minimum atomic E-state index is -0.569. The lowest BCUT2D eigenvalue weighted by Crippen LogP contribution is -2.29. The average molecular weight is 364 g/mol. The highest BCUT2D eigenvalue weighted by Gasteiger charge is 2.35. The Balaban J connectivity index is 2.14.